The van der Waals surface area contributed by atoms with Crippen molar-refractivity contribution in [2.45, 2.75) is 39.7 Å². The molecular formula is C16H22N2O5S. The third-order valence-electron chi connectivity index (χ3n) is 3.77. The summed E-state index contributed by atoms with van der Waals surface area (Å²) in [7, 11) is 0. The summed E-state index contributed by atoms with van der Waals surface area (Å²) in [5, 5.41) is 7.74. The lowest BCUT2D eigenvalue weighted by Gasteiger charge is -2.33. The molecule has 1 aliphatic rings. The normalized spacial score (nSPS) is 19.1. The molecule has 1 aliphatic carbocycles. The first-order chi connectivity index (χ1) is 11.5. The van der Waals surface area contributed by atoms with E-state index in [1.807, 2.05) is 0 Å². The van der Waals surface area contributed by atoms with Gasteiger partial charge in [-0.25, -0.2) is 9.59 Å². The number of nitrogens with one attached hydrogen (secondary N) is 2. The molecule has 1 aromatic rings. The highest BCUT2D eigenvalue weighted by atomic mass is 32.1. The lowest BCUT2D eigenvalue weighted by molar-refractivity contribution is -0.151. The second-order valence-corrected chi connectivity index (χ2v) is 6.44. The third-order valence-corrected chi connectivity index (χ3v) is 4.79. The van der Waals surface area contributed by atoms with Gasteiger partial charge in [-0.2, -0.15) is 0 Å². The fourth-order valence-electron chi connectivity index (χ4n) is 2.51. The molecule has 0 saturated heterocycles. The van der Waals surface area contributed by atoms with E-state index in [1.165, 1.54) is 11.3 Å². The summed E-state index contributed by atoms with van der Waals surface area (Å²) in [4.78, 5) is 35.6. The van der Waals surface area contributed by atoms with Gasteiger partial charge in [0.2, 0.25) is 0 Å². The Labute approximate surface area is 144 Å². The van der Waals surface area contributed by atoms with Crippen LogP contribution in [0.1, 0.15) is 42.6 Å². The topological polar surface area (TPSA) is 93.7 Å². The quantitative estimate of drug-likeness (QED) is 0.766. The minimum atomic E-state index is -0.447. The molecule has 0 aromatic carbocycles. The number of carbonyl (C=O) groups excluding carboxylic acids is 3. The van der Waals surface area contributed by atoms with Crippen LogP contribution in [0.15, 0.2) is 5.38 Å². The van der Waals surface area contributed by atoms with Crippen LogP contribution in [0.25, 0.3) is 0 Å². The molecule has 1 aromatic heterocycles. The smallest absolute Gasteiger partial charge is 0.341 e. The number of aryl methyl sites for hydroxylation is 1. The van der Waals surface area contributed by atoms with Crippen molar-refractivity contribution in [3.05, 3.63) is 16.5 Å². The standard InChI is InChI=1S/C16H22N2O5S/c1-4-22-14(19)10-6-11(7-10)17-16(21)18-13-12(9(3)8-24-13)15(20)23-5-2/h8,10-11H,4-7H2,1-3H3,(H2,17,18,21). The van der Waals surface area contributed by atoms with E-state index in [1.54, 1.807) is 26.2 Å². The second-order valence-electron chi connectivity index (χ2n) is 5.56. The summed E-state index contributed by atoms with van der Waals surface area (Å²) in [5.41, 5.74) is 1.15. The molecule has 0 bridgehead atoms. The van der Waals surface area contributed by atoms with E-state index < -0.39 is 12.0 Å². The molecule has 2 N–H and O–H groups in total. The van der Waals surface area contributed by atoms with E-state index in [9.17, 15) is 14.4 Å². The molecule has 1 saturated carbocycles. The summed E-state index contributed by atoms with van der Waals surface area (Å²) in [5.74, 6) is -0.804. The van der Waals surface area contributed by atoms with Gasteiger partial charge in [-0.1, -0.05) is 0 Å². The zero-order valence-electron chi connectivity index (χ0n) is 14.0. The first-order valence-corrected chi connectivity index (χ1v) is 8.83. The average molecular weight is 354 g/mol. The lowest BCUT2D eigenvalue weighted by Crippen LogP contribution is -2.48. The molecule has 0 spiro atoms. The lowest BCUT2D eigenvalue weighted by atomic mass is 9.80. The maximum Gasteiger partial charge on any atom is 0.341 e. The minimum Gasteiger partial charge on any atom is -0.466 e. The van der Waals surface area contributed by atoms with Gasteiger partial charge < -0.3 is 14.8 Å². The first-order valence-electron chi connectivity index (χ1n) is 7.95. The fraction of sp³-hybridized carbons (Fsp3) is 0.562. The molecule has 24 heavy (non-hydrogen) atoms. The number of thiophene rings is 1. The molecule has 8 heteroatoms. The zero-order chi connectivity index (χ0) is 17.7. The number of carbonyl (C=O) groups is 3. The fourth-order valence-corrected chi connectivity index (χ4v) is 3.43. The zero-order valence-corrected chi connectivity index (χ0v) is 14.8. The Morgan fingerprint density at radius 3 is 2.50 bits per heavy atom. The van der Waals surface area contributed by atoms with Crippen LogP contribution in [0.4, 0.5) is 9.80 Å². The molecule has 7 nitrogen and oxygen atoms in total. The number of esters is 2. The van der Waals surface area contributed by atoms with Gasteiger partial charge >= 0.3 is 18.0 Å². The largest absolute Gasteiger partial charge is 0.466 e. The van der Waals surface area contributed by atoms with E-state index in [2.05, 4.69) is 10.6 Å². The highest BCUT2D eigenvalue weighted by molar-refractivity contribution is 7.15. The van der Waals surface area contributed by atoms with E-state index in [-0.39, 0.29) is 24.5 Å². The SMILES string of the molecule is CCOC(=O)c1c(C)csc1NC(=O)NC1CC(C(=O)OCC)C1. The van der Waals surface area contributed by atoms with Crippen molar-refractivity contribution in [3.63, 3.8) is 0 Å². The van der Waals surface area contributed by atoms with Gasteiger partial charge in [-0.15, -0.1) is 11.3 Å². The van der Waals surface area contributed by atoms with Crippen LogP contribution in [0.5, 0.6) is 0 Å². The Bertz CT molecular complexity index is 622. The number of urea groups is 1. The number of amides is 2. The maximum atomic E-state index is 12.1. The second kappa shape index (κ2) is 8.14. The molecule has 1 fully saturated rings. The molecule has 0 aliphatic heterocycles. The van der Waals surface area contributed by atoms with Gasteiger partial charge in [0.15, 0.2) is 0 Å². The molecular weight excluding hydrogens is 332 g/mol. The summed E-state index contributed by atoms with van der Waals surface area (Å²) >= 11 is 1.28. The van der Waals surface area contributed by atoms with Gasteiger partial charge in [0.25, 0.3) is 0 Å². The van der Waals surface area contributed by atoms with Crippen LogP contribution in [-0.2, 0) is 14.3 Å². The predicted octanol–water partition coefficient (Wildman–Crippen LogP) is 2.70. The number of rotatable bonds is 6. The molecule has 2 rings (SSSR count). The minimum absolute atomic E-state index is 0.0634. The Kier molecular flexibility index (Phi) is 6.19. The molecule has 0 atom stereocenters. The Morgan fingerprint density at radius 2 is 1.88 bits per heavy atom. The van der Waals surface area contributed by atoms with E-state index >= 15 is 0 Å². The van der Waals surface area contributed by atoms with Crippen LogP contribution in [0, 0.1) is 12.8 Å². The average Bonchev–Trinajstić information content (AvgIpc) is 2.83. The number of hydrogen-bond donors (Lipinski definition) is 2. The van der Waals surface area contributed by atoms with Gasteiger partial charge in [0.05, 0.1) is 24.7 Å². The molecule has 0 radical (unpaired) electrons. The van der Waals surface area contributed by atoms with Crippen molar-refractivity contribution in [3.8, 4) is 0 Å². The Hall–Kier alpha value is -2.09. The van der Waals surface area contributed by atoms with Crippen LogP contribution in [-0.4, -0.2) is 37.2 Å². The Morgan fingerprint density at radius 1 is 1.21 bits per heavy atom. The third kappa shape index (κ3) is 4.25. The van der Waals surface area contributed by atoms with Crippen molar-refractivity contribution in [1.29, 1.82) is 0 Å². The Balaban J connectivity index is 1.86. The summed E-state index contributed by atoms with van der Waals surface area (Å²) in [6.07, 6.45) is 1.14. The first kappa shape index (κ1) is 18.3. The maximum absolute atomic E-state index is 12.1. The van der Waals surface area contributed by atoms with Crippen molar-refractivity contribution in [1.82, 2.24) is 5.32 Å². The predicted molar refractivity (Wildman–Crippen MR) is 90.3 cm³/mol. The van der Waals surface area contributed by atoms with Crippen molar-refractivity contribution in [2.75, 3.05) is 18.5 Å². The van der Waals surface area contributed by atoms with Gasteiger partial charge in [-0.05, 0) is 44.6 Å². The van der Waals surface area contributed by atoms with E-state index in [4.69, 9.17) is 9.47 Å². The molecule has 0 unspecified atom stereocenters. The highest BCUT2D eigenvalue weighted by Gasteiger charge is 2.36. The van der Waals surface area contributed by atoms with E-state index in [0.717, 1.165) is 5.56 Å². The molecule has 132 valence electrons. The van der Waals surface area contributed by atoms with E-state index in [0.29, 0.717) is 30.0 Å². The summed E-state index contributed by atoms with van der Waals surface area (Å²) < 4.78 is 9.96. The molecule has 2 amide bonds. The van der Waals surface area contributed by atoms with Crippen LogP contribution in [0.2, 0.25) is 0 Å². The summed E-state index contributed by atoms with van der Waals surface area (Å²) in [6, 6.07) is -0.457. The van der Waals surface area contributed by atoms with Crippen LogP contribution >= 0.6 is 11.3 Å². The number of hydrogen-bond acceptors (Lipinski definition) is 6. The van der Waals surface area contributed by atoms with Gasteiger partial charge in [0.1, 0.15) is 5.00 Å². The van der Waals surface area contributed by atoms with Crippen molar-refractivity contribution >= 4 is 34.3 Å². The number of ether oxygens (including phenoxy) is 2. The molecule has 1 heterocycles. The monoisotopic (exact) mass is 354 g/mol. The van der Waals surface area contributed by atoms with Crippen molar-refractivity contribution < 1.29 is 23.9 Å². The van der Waals surface area contributed by atoms with Crippen LogP contribution in [0.3, 0.4) is 0 Å². The van der Waals surface area contributed by atoms with Gasteiger partial charge in [-0.3, -0.25) is 10.1 Å². The highest BCUT2D eigenvalue weighted by Crippen LogP contribution is 2.30. The van der Waals surface area contributed by atoms with Crippen LogP contribution < -0.4 is 10.6 Å². The van der Waals surface area contributed by atoms with Gasteiger partial charge in [0, 0.05) is 6.04 Å². The van der Waals surface area contributed by atoms with Crippen molar-refractivity contribution in [2.24, 2.45) is 5.92 Å². The summed E-state index contributed by atoms with van der Waals surface area (Å²) in [6.45, 7) is 5.93. The number of anilines is 1.